The first kappa shape index (κ1) is 16.4. The van der Waals surface area contributed by atoms with Crippen molar-refractivity contribution in [1.29, 1.82) is 0 Å². The van der Waals surface area contributed by atoms with E-state index in [0.717, 1.165) is 44.9 Å². The molecule has 4 aliphatic carbocycles. The number of aliphatic hydroxyl groups is 1. The van der Waals surface area contributed by atoms with E-state index in [0.29, 0.717) is 35.4 Å². The van der Waals surface area contributed by atoms with Crippen LogP contribution in [-0.4, -0.2) is 16.5 Å². The van der Waals surface area contributed by atoms with Gasteiger partial charge in [0.05, 0.1) is 0 Å². The van der Waals surface area contributed by atoms with Gasteiger partial charge in [-0.2, -0.15) is 0 Å². The predicted molar refractivity (Wildman–Crippen MR) is 95.0 cm³/mol. The third kappa shape index (κ3) is 1.97. The quantitative estimate of drug-likeness (QED) is 0.581. The van der Waals surface area contributed by atoms with E-state index < -0.39 is 5.60 Å². The van der Waals surface area contributed by atoms with Gasteiger partial charge in [-0.1, -0.05) is 25.0 Å². The minimum atomic E-state index is -0.959. The highest BCUT2D eigenvalue weighted by Gasteiger charge is 2.64. The summed E-state index contributed by atoms with van der Waals surface area (Å²) < 4.78 is 0. The van der Waals surface area contributed by atoms with Gasteiger partial charge < -0.3 is 5.11 Å². The van der Waals surface area contributed by atoms with Gasteiger partial charge in [0.2, 0.25) is 0 Å². The van der Waals surface area contributed by atoms with Crippen molar-refractivity contribution in [1.82, 2.24) is 0 Å². The second kappa shape index (κ2) is 5.46. The number of carbonyl (C=O) groups excluding carboxylic acids is 1. The highest BCUT2D eigenvalue weighted by Crippen LogP contribution is 2.67. The fourth-order valence-electron chi connectivity index (χ4n) is 7.37. The summed E-state index contributed by atoms with van der Waals surface area (Å²) in [5.74, 6) is 6.15. The zero-order valence-electron chi connectivity index (χ0n) is 14.9. The first-order chi connectivity index (χ1) is 11.5. The summed E-state index contributed by atoms with van der Waals surface area (Å²) in [4.78, 5) is 11.9. The van der Waals surface area contributed by atoms with Gasteiger partial charge >= 0.3 is 0 Å². The Morgan fingerprint density at radius 1 is 1.29 bits per heavy atom. The van der Waals surface area contributed by atoms with Crippen LogP contribution < -0.4 is 0 Å². The fourth-order valence-corrected chi connectivity index (χ4v) is 7.37. The molecule has 0 aliphatic heterocycles. The zero-order chi connectivity index (χ0) is 17.1. The van der Waals surface area contributed by atoms with Crippen LogP contribution in [0.3, 0.4) is 0 Å². The van der Waals surface area contributed by atoms with Crippen molar-refractivity contribution in [3.8, 4) is 12.3 Å². The number of carbonyl (C=O) groups is 1. The Kier molecular flexibility index (Phi) is 3.73. The van der Waals surface area contributed by atoms with E-state index in [1.54, 1.807) is 0 Å². The van der Waals surface area contributed by atoms with E-state index in [2.05, 4.69) is 19.4 Å². The molecule has 4 aliphatic rings. The van der Waals surface area contributed by atoms with Crippen molar-refractivity contribution >= 4 is 5.78 Å². The monoisotopic (exact) mass is 326 g/mol. The molecule has 2 nitrogen and oxygen atoms in total. The van der Waals surface area contributed by atoms with Crippen LogP contribution in [0.25, 0.3) is 0 Å². The van der Waals surface area contributed by atoms with Gasteiger partial charge in [-0.05, 0) is 74.5 Å². The first-order valence-electron chi connectivity index (χ1n) is 9.85. The number of allylic oxidation sites excluding steroid dienone is 1. The fraction of sp³-hybridized carbons (Fsp3) is 0.773. The lowest BCUT2D eigenvalue weighted by molar-refractivity contribution is -0.127. The van der Waals surface area contributed by atoms with Crippen molar-refractivity contribution in [3.63, 3.8) is 0 Å². The van der Waals surface area contributed by atoms with Gasteiger partial charge in [0.1, 0.15) is 11.4 Å². The van der Waals surface area contributed by atoms with Crippen LogP contribution in [0.5, 0.6) is 0 Å². The van der Waals surface area contributed by atoms with Gasteiger partial charge in [-0.15, -0.1) is 6.42 Å². The molecular formula is C22H30O2. The minimum Gasteiger partial charge on any atom is -0.377 e. The smallest absolute Gasteiger partial charge is 0.133 e. The molecule has 0 saturated heterocycles. The van der Waals surface area contributed by atoms with Crippen LogP contribution in [0.4, 0.5) is 0 Å². The van der Waals surface area contributed by atoms with E-state index in [9.17, 15) is 9.90 Å². The van der Waals surface area contributed by atoms with E-state index >= 15 is 0 Å². The van der Waals surface area contributed by atoms with Gasteiger partial charge in [0.15, 0.2) is 0 Å². The summed E-state index contributed by atoms with van der Waals surface area (Å²) in [5.41, 5.74) is 0.189. The van der Waals surface area contributed by atoms with Gasteiger partial charge in [0, 0.05) is 18.3 Å². The molecular weight excluding hydrogens is 296 g/mol. The summed E-state index contributed by atoms with van der Waals surface area (Å²) >= 11 is 0. The van der Waals surface area contributed by atoms with Crippen LogP contribution in [0, 0.1) is 47.3 Å². The molecule has 0 spiro atoms. The summed E-state index contributed by atoms with van der Waals surface area (Å²) in [6.07, 6.45) is 14.4. The molecule has 4 rings (SSSR count). The lowest BCUT2D eigenvalue weighted by atomic mass is 9.47. The molecule has 24 heavy (non-hydrogen) atoms. The maximum atomic E-state index is 11.9. The Morgan fingerprint density at radius 2 is 2.08 bits per heavy atom. The average molecular weight is 326 g/mol. The molecule has 0 amide bonds. The van der Waals surface area contributed by atoms with Crippen LogP contribution in [0.15, 0.2) is 12.2 Å². The number of rotatable bonds is 1. The van der Waals surface area contributed by atoms with Crippen molar-refractivity contribution in [2.75, 3.05) is 0 Å². The average Bonchev–Trinajstić information content (AvgIpc) is 2.88. The zero-order valence-corrected chi connectivity index (χ0v) is 14.9. The van der Waals surface area contributed by atoms with E-state index in [-0.39, 0.29) is 5.41 Å². The molecule has 0 bridgehead atoms. The third-order valence-corrected chi connectivity index (χ3v) is 8.40. The number of fused-ring (bicyclic) bond motifs is 5. The second-order valence-electron chi connectivity index (χ2n) is 8.97. The Hall–Kier alpha value is -1.07. The van der Waals surface area contributed by atoms with Gasteiger partial charge in [0.25, 0.3) is 0 Å². The van der Waals surface area contributed by atoms with Crippen LogP contribution in [0.2, 0.25) is 0 Å². The molecule has 0 aromatic carbocycles. The van der Waals surface area contributed by atoms with Crippen molar-refractivity contribution < 1.29 is 9.90 Å². The van der Waals surface area contributed by atoms with Crippen LogP contribution in [0.1, 0.15) is 64.7 Å². The third-order valence-electron chi connectivity index (χ3n) is 8.40. The number of ketones is 1. The van der Waals surface area contributed by atoms with Gasteiger partial charge in [-0.3, -0.25) is 4.79 Å². The Balaban J connectivity index is 1.70. The molecule has 130 valence electrons. The molecule has 0 radical (unpaired) electrons. The predicted octanol–water partition coefficient (Wildman–Crippen LogP) is 4.13. The molecule has 0 aromatic heterocycles. The molecule has 4 fully saturated rings. The summed E-state index contributed by atoms with van der Waals surface area (Å²) in [5, 5.41) is 11.2. The van der Waals surface area contributed by atoms with Crippen LogP contribution >= 0.6 is 0 Å². The van der Waals surface area contributed by atoms with Gasteiger partial charge in [-0.25, -0.2) is 0 Å². The lowest BCUT2D eigenvalue weighted by Crippen LogP contribution is -2.55. The molecule has 7 atom stereocenters. The molecule has 4 saturated carbocycles. The molecule has 0 aromatic rings. The number of terminal acetylenes is 1. The topological polar surface area (TPSA) is 37.3 Å². The first-order valence-corrected chi connectivity index (χ1v) is 9.85. The number of hydrogen-bond donors (Lipinski definition) is 1. The molecule has 0 unspecified atom stereocenters. The summed E-state index contributed by atoms with van der Waals surface area (Å²) in [6, 6.07) is 0. The van der Waals surface area contributed by atoms with Crippen LogP contribution in [-0.2, 0) is 4.79 Å². The Labute approximate surface area is 146 Å². The summed E-state index contributed by atoms with van der Waals surface area (Å²) in [7, 11) is 0. The van der Waals surface area contributed by atoms with E-state index in [4.69, 9.17) is 6.42 Å². The SMILES string of the molecule is C#C[C@]1(O)CC[C@H]2[C@@H]3CC[C@@H]4CC(=O)CC[C@@H]4[C@H]3C(=C)C[C@@]21CC. The number of Topliss-reactive ketones (excluding diaryl/α,β-unsaturated/α-hetero) is 1. The lowest BCUT2D eigenvalue weighted by Gasteiger charge is -2.58. The molecule has 0 heterocycles. The molecule has 2 heteroatoms. The highest BCUT2D eigenvalue weighted by atomic mass is 16.3. The Bertz CT molecular complexity index is 614. The largest absolute Gasteiger partial charge is 0.377 e. The minimum absolute atomic E-state index is 0.169. The normalized spacial score (nSPS) is 50.6. The van der Waals surface area contributed by atoms with Crippen molar-refractivity contribution in [3.05, 3.63) is 12.2 Å². The maximum Gasteiger partial charge on any atom is 0.133 e. The van der Waals surface area contributed by atoms with Crippen molar-refractivity contribution in [2.24, 2.45) is 35.0 Å². The Morgan fingerprint density at radius 3 is 2.79 bits per heavy atom. The maximum absolute atomic E-state index is 11.9. The summed E-state index contributed by atoms with van der Waals surface area (Å²) in [6.45, 7) is 6.69. The standard InChI is InChI=1S/C22H30O2/c1-4-21-13-14(3)20-17-9-7-16(23)12-15(17)6-8-18(20)19(21)10-11-22(21,24)5-2/h2,15,17-20,24H,3-4,6-13H2,1H3/t15-,17+,18+,19+,20-,21+,22+/m1/s1. The highest BCUT2D eigenvalue weighted by molar-refractivity contribution is 5.79. The van der Waals surface area contributed by atoms with Crippen molar-refractivity contribution in [2.45, 2.75) is 70.3 Å². The second-order valence-corrected chi connectivity index (χ2v) is 8.97. The van der Waals surface area contributed by atoms with E-state index in [1.807, 2.05) is 0 Å². The molecule has 1 N–H and O–H groups in total. The van der Waals surface area contributed by atoms with E-state index in [1.165, 1.54) is 18.4 Å². The number of hydrogen-bond acceptors (Lipinski definition) is 2.